The summed E-state index contributed by atoms with van der Waals surface area (Å²) < 4.78 is 39.2. The van der Waals surface area contributed by atoms with E-state index in [1.54, 1.807) is 0 Å². The van der Waals surface area contributed by atoms with Crippen LogP contribution < -0.4 is 9.27 Å². The Balaban J connectivity index is 0.000000414. The highest BCUT2D eigenvalue weighted by Gasteiger charge is 2.43. The number of hydrogen-bond donors (Lipinski definition) is 0. The Morgan fingerprint density at radius 3 is 2.50 bits per heavy atom. The molecule has 0 spiro atoms. The largest absolute Gasteiger partial charge is 1.00 e. The van der Waals surface area contributed by atoms with Crippen molar-refractivity contribution in [2.24, 2.45) is 0 Å². The maximum atomic E-state index is 9.67. The molecule has 0 bridgehead atoms. The number of benzene rings is 2. The molecule has 146 valence electrons. The summed E-state index contributed by atoms with van der Waals surface area (Å²) >= 11 is 5.97. The Labute approximate surface area is 164 Å². The summed E-state index contributed by atoms with van der Waals surface area (Å²) in [6.45, 7) is 0.551. The van der Waals surface area contributed by atoms with Crippen LogP contribution in [0.3, 0.4) is 0 Å². The average Bonchev–Trinajstić information content (AvgIpc) is 3.22. The second-order valence-electron chi connectivity index (χ2n) is 6.30. The van der Waals surface area contributed by atoms with Crippen LogP contribution in [0.2, 0.25) is 5.02 Å². The van der Waals surface area contributed by atoms with E-state index in [1.165, 1.54) is 11.1 Å². The van der Waals surface area contributed by atoms with Crippen molar-refractivity contribution in [3.05, 3.63) is 76.8 Å². The number of halogens is 5. The number of nitrogens with zero attached hydrogens (tertiary/aromatic N) is 3. The van der Waals surface area contributed by atoms with Gasteiger partial charge in [-0.05, 0) is 35.4 Å². The molecule has 0 saturated heterocycles. The molecular weight excluding hydrogens is 396 g/mol. The minimum atomic E-state index is -3.67. The molecule has 4 nitrogen and oxygen atoms in total. The standard InChI is InChI=1S/C18H15ClN3O.BF3.FH/c19-13-5-7-14(8-6-13)22-11-21-17(20-22)10-23-16-9-12-3-1-2-4-15(12)18(16)21;2-1(3)4;/h1-8,11,16,18H,9-10H2;;1H/q+1;;/p-1/t16-,18+;;/m0../s1. The molecule has 2 aliphatic rings. The van der Waals surface area contributed by atoms with Gasteiger partial charge in [0.2, 0.25) is 6.33 Å². The summed E-state index contributed by atoms with van der Waals surface area (Å²) in [6, 6.07) is 16.5. The lowest BCUT2D eigenvalue weighted by molar-refractivity contribution is -0.739. The van der Waals surface area contributed by atoms with Gasteiger partial charge >= 0.3 is 13.4 Å². The second-order valence-corrected chi connectivity index (χ2v) is 6.74. The molecule has 2 aromatic carbocycles. The number of ether oxygens (including phenoxy) is 1. The first-order valence-corrected chi connectivity index (χ1v) is 8.78. The van der Waals surface area contributed by atoms with Crippen molar-refractivity contribution < 1.29 is 27.0 Å². The summed E-state index contributed by atoms with van der Waals surface area (Å²) in [5, 5.41) is 5.42. The van der Waals surface area contributed by atoms with Gasteiger partial charge in [-0.2, -0.15) is 0 Å². The lowest BCUT2D eigenvalue weighted by Crippen LogP contribution is -3.00. The van der Waals surface area contributed by atoms with Gasteiger partial charge in [0.05, 0.1) is 0 Å². The highest BCUT2D eigenvalue weighted by molar-refractivity contribution is 6.33. The van der Waals surface area contributed by atoms with Crippen LogP contribution in [0.5, 0.6) is 0 Å². The summed E-state index contributed by atoms with van der Waals surface area (Å²) in [6.07, 6.45) is 3.24. The molecule has 0 N–H and O–H groups in total. The molecule has 3 aromatic rings. The van der Waals surface area contributed by atoms with E-state index in [-0.39, 0.29) is 16.9 Å². The third-order valence-corrected chi connectivity index (χ3v) is 4.97. The zero-order valence-electron chi connectivity index (χ0n) is 14.5. The van der Waals surface area contributed by atoms with E-state index in [4.69, 9.17) is 21.4 Å². The smallest absolute Gasteiger partial charge is 0.762 e. The van der Waals surface area contributed by atoms with Gasteiger partial charge in [0, 0.05) is 16.5 Å². The molecule has 2 atom stereocenters. The molecular formula is C18H15BClF4N3O. The molecule has 0 amide bonds. The number of rotatable bonds is 1. The first-order valence-electron chi connectivity index (χ1n) is 8.40. The maximum absolute atomic E-state index is 9.67. The Bertz CT molecular complexity index is 952. The minimum Gasteiger partial charge on any atom is -1.00 e. The van der Waals surface area contributed by atoms with Crippen LogP contribution in [0.1, 0.15) is 23.0 Å². The molecule has 1 aromatic heterocycles. The van der Waals surface area contributed by atoms with Gasteiger partial charge < -0.3 is 9.44 Å². The topological polar surface area (TPSA) is 30.9 Å². The van der Waals surface area contributed by atoms with Crippen LogP contribution in [0.25, 0.3) is 5.69 Å². The molecule has 0 unspecified atom stereocenters. The van der Waals surface area contributed by atoms with Crippen LogP contribution in [0, 0.1) is 0 Å². The van der Waals surface area contributed by atoms with Gasteiger partial charge in [-0.25, -0.2) is 4.57 Å². The van der Waals surface area contributed by atoms with Crippen molar-refractivity contribution >= 4 is 19.1 Å². The zero-order valence-corrected chi connectivity index (χ0v) is 15.2. The van der Waals surface area contributed by atoms with Crippen LogP contribution in [-0.2, 0) is 17.8 Å². The van der Waals surface area contributed by atoms with E-state index < -0.39 is 7.54 Å². The highest BCUT2D eigenvalue weighted by atomic mass is 35.5. The van der Waals surface area contributed by atoms with Crippen molar-refractivity contribution in [2.45, 2.75) is 25.2 Å². The molecule has 1 aliphatic carbocycles. The van der Waals surface area contributed by atoms with Crippen LogP contribution in [0.4, 0.5) is 12.9 Å². The quantitative estimate of drug-likeness (QED) is 0.336. The normalized spacial score (nSPS) is 18.7. The van der Waals surface area contributed by atoms with Crippen molar-refractivity contribution in [3.63, 3.8) is 0 Å². The summed E-state index contributed by atoms with van der Waals surface area (Å²) in [7, 11) is -3.67. The van der Waals surface area contributed by atoms with Crippen LogP contribution >= 0.6 is 11.6 Å². The lowest BCUT2D eigenvalue weighted by Gasteiger charge is -2.23. The van der Waals surface area contributed by atoms with Gasteiger partial charge in [-0.1, -0.05) is 40.5 Å². The molecule has 2 heterocycles. The van der Waals surface area contributed by atoms with E-state index in [0.29, 0.717) is 6.61 Å². The minimum absolute atomic E-state index is 0. The molecule has 0 fully saturated rings. The van der Waals surface area contributed by atoms with E-state index in [9.17, 15) is 12.9 Å². The Hall–Kier alpha value is -2.39. The third kappa shape index (κ3) is 3.90. The van der Waals surface area contributed by atoms with E-state index in [0.717, 1.165) is 23.0 Å². The summed E-state index contributed by atoms with van der Waals surface area (Å²) in [4.78, 5) is 0. The van der Waals surface area contributed by atoms with Gasteiger partial charge in [-0.3, -0.25) is 12.9 Å². The predicted octanol–water partition coefficient (Wildman–Crippen LogP) is 0.741. The van der Waals surface area contributed by atoms with E-state index in [2.05, 4.69) is 35.2 Å². The Morgan fingerprint density at radius 1 is 1.11 bits per heavy atom. The monoisotopic (exact) mass is 411 g/mol. The van der Waals surface area contributed by atoms with Gasteiger partial charge in [0.25, 0.3) is 0 Å². The molecule has 28 heavy (non-hydrogen) atoms. The number of aromatic nitrogens is 3. The number of fused-ring (bicyclic) bond motifs is 5. The molecule has 0 saturated carbocycles. The van der Waals surface area contributed by atoms with Gasteiger partial charge in [0.1, 0.15) is 24.4 Å². The van der Waals surface area contributed by atoms with Crippen LogP contribution in [-0.4, -0.2) is 23.4 Å². The van der Waals surface area contributed by atoms with Crippen molar-refractivity contribution in [3.8, 4) is 5.69 Å². The fourth-order valence-electron chi connectivity index (χ4n) is 3.64. The molecule has 5 rings (SSSR count). The van der Waals surface area contributed by atoms with Gasteiger partial charge in [-0.15, -0.1) is 0 Å². The van der Waals surface area contributed by atoms with Crippen molar-refractivity contribution in [1.82, 2.24) is 9.78 Å². The molecule has 10 heteroatoms. The van der Waals surface area contributed by atoms with E-state index >= 15 is 0 Å². The molecule has 1 aliphatic heterocycles. The zero-order chi connectivity index (χ0) is 19.0. The van der Waals surface area contributed by atoms with Crippen molar-refractivity contribution in [2.75, 3.05) is 0 Å². The first-order chi connectivity index (χ1) is 13.0. The fraction of sp³-hybridized carbons (Fsp3) is 0.222. The maximum Gasteiger partial charge on any atom is 0.762 e. The second kappa shape index (κ2) is 8.32. The summed E-state index contributed by atoms with van der Waals surface area (Å²) in [5.41, 5.74) is 3.72. The number of hydrogen-bond acceptors (Lipinski definition) is 2. The van der Waals surface area contributed by atoms with Gasteiger partial charge in [0.15, 0.2) is 0 Å². The Kier molecular flexibility index (Phi) is 6.05. The van der Waals surface area contributed by atoms with Crippen molar-refractivity contribution in [1.29, 1.82) is 0 Å². The Morgan fingerprint density at radius 2 is 1.79 bits per heavy atom. The first kappa shape index (κ1) is 20.4. The highest BCUT2D eigenvalue weighted by Crippen LogP contribution is 2.35. The fourth-order valence-corrected chi connectivity index (χ4v) is 3.76. The summed E-state index contributed by atoms with van der Waals surface area (Å²) in [5.74, 6) is 0.956. The average molecular weight is 412 g/mol. The lowest BCUT2D eigenvalue weighted by atomic mass is 10.1. The van der Waals surface area contributed by atoms with E-state index in [1.807, 2.05) is 28.9 Å². The van der Waals surface area contributed by atoms with Crippen LogP contribution in [0.15, 0.2) is 54.9 Å². The SMILES string of the molecule is Clc1ccc(-n2c[n+]3c(n2)CO[C@H]2Cc4ccccc4[C@H]23)cc1.FB(F)F.[F-]. The molecule has 0 radical (unpaired) electrons. The predicted molar refractivity (Wildman–Crippen MR) is 94.7 cm³/mol. The third-order valence-electron chi connectivity index (χ3n) is 4.72.